The van der Waals surface area contributed by atoms with Crippen LogP contribution in [-0.2, 0) is 11.8 Å². The molecule has 0 spiro atoms. The molecule has 26 heavy (non-hydrogen) atoms. The van der Waals surface area contributed by atoms with Crippen LogP contribution >= 0.6 is 35.0 Å². The zero-order valence-electron chi connectivity index (χ0n) is 14.1. The Labute approximate surface area is 164 Å². The first kappa shape index (κ1) is 18.8. The lowest BCUT2D eigenvalue weighted by Gasteiger charge is -2.09. The van der Waals surface area contributed by atoms with Crippen molar-refractivity contribution in [2.45, 2.75) is 18.5 Å². The molecule has 0 unspecified atom stereocenters. The molecule has 0 fully saturated rings. The van der Waals surface area contributed by atoms with Crippen molar-refractivity contribution in [2.24, 2.45) is 7.05 Å². The van der Waals surface area contributed by atoms with E-state index in [9.17, 15) is 4.79 Å². The van der Waals surface area contributed by atoms with E-state index in [0.717, 1.165) is 22.3 Å². The van der Waals surface area contributed by atoms with Gasteiger partial charge in [-0.05, 0) is 25.1 Å². The number of nitrogens with zero attached hydrogens (tertiary/aromatic N) is 3. The van der Waals surface area contributed by atoms with Crippen LogP contribution in [0.1, 0.15) is 12.2 Å². The summed E-state index contributed by atoms with van der Waals surface area (Å²) in [7, 11) is 1.88. The van der Waals surface area contributed by atoms with E-state index in [4.69, 9.17) is 27.6 Å². The van der Waals surface area contributed by atoms with Crippen molar-refractivity contribution in [3.63, 3.8) is 0 Å². The molecule has 9 heteroatoms. The van der Waals surface area contributed by atoms with Crippen LogP contribution in [0.15, 0.2) is 40.1 Å². The third-order valence-corrected chi connectivity index (χ3v) is 5.37. The molecule has 3 aromatic rings. The van der Waals surface area contributed by atoms with Gasteiger partial charge >= 0.3 is 0 Å². The van der Waals surface area contributed by atoms with Crippen molar-refractivity contribution < 1.29 is 9.21 Å². The molecule has 3 rings (SSSR count). The monoisotopic (exact) mass is 410 g/mol. The van der Waals surface area contributed by atoms with Crippen LogP contribution in [0.5, 0.6) is 0 Å². The molecule has 2 aromatic heterocycles. The standard InChI is InChI=1S/C17H16Cl2N4O2S/c1-10-11(6-8-25-10)16-21-22-17(23(16)2)26-9-7-14(24)20-15-12(18)4-3-5-13(15)19/h3-6,8H,7,9H2,1-2H3,(H,20,24). The van der Waals surface area contributed by atoms with E-state index in [2.05, 4.69) is 15.5 Å². The second kappa shape index (κ2) is 8.16. The number of aromatic nitrogens is 3. The van der Waals surface area contributed by atoms with Crippen molar-refractivity contribution in [3.8, 4) is 11.4 Å². The van der Waals surface area contributed by atoms with Gasteiger partial charge < -0.3 is 14.3 Å². The first-order valence-corrected chi connectivity index (χ1v) is 9.52. The molecule has 1 amide bonds. The van der Waals surface area contributed by atoms with Gasteiger partial charge in [0, 0.05) is 19.2 Å². The van der Waals surface area contributed by atoms with Crippen LogP contribution in [0.25, 0.3) is 11.4 Å². The average Bonchev–Trinajstić information content (AvgIpc) is 3.17. The van der Waals surface area contributed by atoms with Gasteiger partial charge in [0.15, 0.2) is 11.0 Å². The number of furan rings is 1. The fourth-order valence-corrected chi connectivity index (χ4v) is 3.69. The van der Waals surface area contributed by atoms with Gasteiger partial charge in [0.05, 0.1) is 27.6 Å². The van der Waals surface area contributed by atoms with E-state index in [1.807, 2.05) is 24.6 Å². The lowest BCUT2D eigenvalue weighted by atomic mass is 10.2. The first-order chi connectivity index (χ1) is 12.5. The highest BCUT2D eigenvalue weighted by Crippen LogP contribution is 2.30. The van der Waals surface area contributed by atoms with E-state index < -0.39 is 0 Å². The van der Waals surface area contributed by atoms with Crippen LogP contribution in [-0.4, -0.2) is 26.4 Å². The number of aryl methyl sites for hydroxylation is 1. The Morgan fingerprint density at radius 1 is 1.27 bits per heavy atom. The van der Waals surface area contributed by atoms with Gasteiger partial charge in [-0.15, -0.1) is 10.2 Å². The maximum absolute atomic E-state index is 12.1. The van der Waals surface area contributed by atoms with Crippen LogP contribution in [0.3, 0.4) is 0 Å². The van der Waals surface area contributed by atoms with Crippen molar-refractivity contribution in [1.82, 2.24) is 14.8 Å². The van der Waals surface area contributed by atoms with Crippen LogP contribution in [0.2, 0.25) is 10.0 Å². The highest BCUT2D eigenvalue weighted by atomic mass is 35.5. The molecule has 0 bridgehead atoms. The number of anilines is 1. The Morgan fingerprint density at radius 2 is 2.00 bits per heavy atom. The summed E-state index contributed by atoms with van der Waals surface area (Å²) >= 11 is 13.6. The third kappa shape index (κ3) is 4.06. The largest absolute Gasteiger partial charge is 0.469 e. The minimum absolute atomic E-state index is 0.166. The summed E-state index contributed by atoms with van der Waals surface area (Å²) in [6, 6.07) is 6.94. The fraction of sp³-hybridized carbons (Fsp3) is 0.235. The van der Waals surface area contributed by atoms with Gasteiger partial charge in [0.1, 0.15) is 5.76 Å². The lowest BCUT2D eigenvalue weighted by Crippen LogP contribution is -2.13. The molecule has 0 saturated carbocycles. The van der Waals surface area contributed by atoms with E-state index in [1.54, 1.807) is 24.5 Å². The average molecular weight is 411 g/mol. The number of halogens is 2. The molecule has 0 atom stereocenters. The highest BCUT2D eigenvalue weighted by molar-refractivity contribution is 7.99. The molecular weight excluding hydrogens is 395 g/mol. The number of hydrogen-bond acceptors (Lipinski definition) is 5. The molecular formula is C17H16Cl2N4O2S. The molecule has 1 N–H and O–H groups in total. The first-order valence-electron chi connectivity index (χ1n) is 7.78. The predicted molar refractivity (Wildman–Crippen MR) is 104 cm³/mol. The Morgan fingerprint density at radius 3 is 2.65 bits per heavy atom. The summed E-state index contributed by atoms with van der Waals surface area (Å²) in [4.78, 5) is 12.1. The maximum Gasteiger partial charge on any atom is 0.225 e. The summed E-state index contributed by atoms with van der Waals surface area (Å²) in [6.07, 6.45) is 1.91. The van der Waals surface area contributed by atoms with E-state index in [-0.39, 0.29) is 5.91 Å². The summed E-state index contributed by atoms with van der Waals surface area (Å²) in [5, 5.41) is 12.7. The number of rotatable bonds is 6. The van der Waals surface area contributed by atoms with Crippen molar-refractivity contribution in [3.05, 3.63) is 46.3 Å². The van der Waals surface area contributed by atoms with Crippen molar-refractivity contribution >= 4 is 46.6 Å². The second-order valence-electron chi connectivity index (χ2n) is 5.50. The van der Waals surface area contributed by atoms with Crippen LogP contribution in [0.4, 0.5) is 5.69 Å². The lowest BCUT2D eigenvalue weighted by molar-refractivity contribution is -0.115. The number of hydrogen-bond donors (Lipinski definition) is 1. The van der Waals surface area contributed by atoms with Gasteiger partial charge in [-0.1, -0.05) is 41.0 Å². The minimum atomic E-state index is -0.166. The zero-order chi connectivity index (χ0) is 18.7. The predicted octanol–water partition coefficient (Wildman–Crippen LogP) is 4.81. The zero-order valence-corrected chi connectivity index (χ0v) is 16.5. The number of amides is 1. The SMILES string of the molecule is Cc1occc1-c1nnc(SCCC(=O)Nc2c(Cl)cccc2Cl)n1C. The Hall–Kier alpha value is -1.96. The van der Waals surface area contributed by atoms with Crippen LogP contribution < -0.4 is 5.32 Å². The van der Waals surface area contributed by atoms with E-state index >= 15 is 0 Å². The minimum Gasteiger partial charge on any atom is -0.469 e. The molecule has 0 aliphatic carbocycles. The summed E-state index contributed by atoms with van der Waals surface area (Å²) in [6.45, 7) is 1.88. The molecule has 6 nitrogen and oxygen atoms in total. The Kier molecular flexibility index (Phi) is 5.90. The number of thioether (sulfide) groups is 1. The highest BCUT2D eigenvalue weighted by Gasteiger charge is 2.15. The third-order valence-electron chi connectivity index (χ3n) is 3.72. The molecule has 0 saturated heterocycles. The molecule has 1 aromatic carbocycles. The number of nitrogens with one attached hydrogen (secondary N) is 1. The van der Waals surface area contributed by atoms with Gasteiger partial charge in [-0.3, -0.25) is 4.79 Å². The van der Waals surface area contributed by atoms with Gasteiger partial charge in [-0.2, -0.15) is 0 Å². The van der Waals surface area contributed by atoms with Crippen molar-refractivity contribution in [1.29, 1.82) is 0 Å². The molecule has 0 radical (unpaired) electrons. The van der Waals surface area contributed by atoms with E-state index in [0.29, 0.717) is 27.9 Å². The smallest absolute Gasteiger partial charge is 0.225 e. The van der Waals surface area contributed by atoms with Crippen LogP contribution in [0, 0.1) is 6.92 Å². The summed E-state index contributed by atoms with van der Waals surface area (Å²) in [5.41, 5.74) is 1.33. The normalized spacial score (nSPS) is 10.9. The number of carbonyl (C=O) groups excluding carboxylic acids is 1. The molecule has 0 aliphatic heterocycles. The molecule has 2 heterocycles. The topological polar surface area (TPSA) is 72.9 Å². The number of para-hydroxylation sites is 1. The number of benzene rings is 1. The van der Waals surface area contributed by atoms with Gasteiger partial charge in [0.25, 0.3) is 0 Å². The molecule has 0 aliphatic rings. The maximum atomic E-state index is 12.1. The van der Waals surface area contributed by atoms with Gasteiger partial charge in [0.2, 0.25) is 5.91 Å². The Bertz CT molecular complexity index is 918. The van der Waals surface area contributed by atoms with Gasteiger partial charge in [-0.25, -0.2) is 0 Å². The van der Waals surface area contributed by atoms with Crippen molar-refractivity contribution in [2.75, 3.05) is 11.1 Å². The van der Waals surface area contributed by atoms with E-state index in [1.165, 1.54) is 11.8 Å². The summed E-state index contributed by atoms with van der Waals surface area (Å²) in [5.74, 6) is 1.89. The summed E-state index contributed by atoms with van der Waals surface area (Å²) < 4.78 is 7.19. The molecule has 136 valence electrons. The fourth-order valence-electron chi connectivity index (χ4n) is 2.35. The Balaban J connectivity index is 1.58. The second-order valence-corrected chi connectivity index (χ2v) is 7.38. The number of carbonyl (C=O) groups is 1. The quantitative estimate of drug-likeness (QED) is 0.590.